The van der Waals surface area contributed by atoms with Crippen LogP contribution in [0.2, 0.25) is 0 Å². The number of rotatable bonds is 6. The van der Waals surface area contributed by atoms with Crippen molar-refractivity contribution in [3.05, 3.63) is 0 Å². The first kappa shape index (κ1) is 15.1. The Balaban J connectivity index is 3.62. The molecule has 0 saturated carbocycles. The van der Waals surface area contributed by atoms with Crippen LogP contribution in [-0.2, 0) is 23.9 Å². The second kappa shape index (κ2) is 8.26. The average Bonchev–Trinajstić information content (AvgIpc) is 2.15. The van der Waals surface area contributed by atoms with Crippen molar-refractivity contribution in [3.63, 3.8) is 0 Å². The van der Waals surface area contributed by atoms with Crippen LogP contribution in [0, 0.1) is 0 Å². The Kier molecular flexibility index (Phi) is 7.32. The van der Waals surface area contributed by atoms with E-state index < -0.39 is 11.9 Å². The van der Waals surface area contributed by atoms with E-state index in [1.807, 2.05) is 0 Å². The maximum absolute atomic E-state index is 11.1. The summed E-state index contributed by atoms with van der Waals surface area (Å²) < 4.78 is 4.43. The van der Waals surface area contributed by atoms with Crippen LogP contribution in [0.4, 0.5) is 0 Å². The third kappa shape index (κ3) is 10.4. The van der Waals surface area contributed by atoms with Crippen molar-refractivity contribution in [1.29, 1.82) is 0 Å². The van der Waals surface area contributed by atoms with E-state index in [4.69, 9.17) is 0 Å². The van der Waals surface area contributed by atoms with Crippen LogP contribution in [0.15, 0.2) is 0 Å². The molecular weight excluding hydrogens is 228 g/mol. The summed E-state index contributed by atoms with van der Waals surface area (Å²) in [6.45, 7) is 2.91. The molecule has 0 aliphatic heterocycles. The van der Waals surface area contributed by atoms with Crippen LogP contribution in [0.1, 0.15) is 26.7 Å². The summed E-state index contributed by atoms with van der Waals surface area (Å²) in [5.74, 6) is -1.91. The van der Waals surface area contributed by atoms with Gasteiger partial charge in [0.05, 0.1) is 12.8 Å². The highest BCUT2D eigenvalue weighted by Gasteiger charge is 2.10. The molecule has 7 nitrogen and oxygen atoms in total. The maximum Gasteiger partial charge on any atom is 0.315 e. The van der Waals surface area contributed by atoms with Crippen molar-refractivity contribution >= 4 is 23.8 Å². The highest BCUT2D eigenvalue weighted by Crippen LogP contribution is 1.90. The molecule has 0 aromatic carbocycles. The van der Waals surface area contributed by atoms with Crippen molar-refractivity contribution in [1.82, 2.24) is 10.6 Å². The van der Waals surface area contributed by atoms with Gasteiger partial charge in [-0.3, -0.25) is 19.2 Å². The second-order valence-corrected chi connectivity index (χ2v) is 3.31. The quantitative estimate of drug-likeness (QED) is 0.466. The van der Waals surface area contributed by atoms with Crippen molar-refractivity contribution in [2.45, 2.75) is 26.7 Å². The van der Waals surface area contributed by atoms with Crippen LogP contribution in [-0.4, -0.2) is 36.8 Å². The van der Waals surface area contributed by atoms with Crippen LogP contribution < -0.4 is 10.6 Å². The molecule has 0 atom stereocenters. The number of carbonyl (C=O) groups excluding carboxylic acids is 4. The SMILES string of the molecule is CC(=O)NCCC(=O)OC(=O)CCNC(C)=O. The highest BCUT2D eigenvalue weighted by molar-refractivity contribution is 5.86. The van der Waals surface area contributed by atoms with Crippen molar-refractivity contribution < 1.29 is 23.9 Å². The molecule has 0 aliphatic carbocycles. The van der Waals surface area contributed by atoms with Crippen LogP contribution in [0.25, 0.3) is 0 Å². The van der Waals surface area contributed by atoms with Gasteiger partial charge in [-0.05, 0) is 0 Å². The fraction of sp³-hybridized carbons (Fsp3) is 0.600. The van der Waals surface area contributed by atoms with Gasteiger partial charge in [0.25, 0.3) is 0 Å². The molecule has 0 bridgehead atoms. The van der Waals surface area contributed by atoms with Gasteiger partial charge >= 0.3 is 11.9 Å². The summed E-state index contributed by atoms with van der Waals surface area (Å²) in [5.41, 5.74) is 0. The van der Waals surface area contributed by atoms with Gasteiger partial charge < -0.3 is 15.4 Å². The van der Waals surface area contributed by atoms with E-state index in [2.05, 4.69) is 15.4 Å². The molecule has 0 unspecified atom stereocenters. The molecule has 0 heterocycles. The smallest absolute Gasteiger partial charge is 0.315 e. The standard InChI is InChI=1S/C10H16N2O5/c1-7(13)11-5-3-9(15)17-10(16)4-6-12-8(2)14/h3-6H2,1-2H3,(H,11,13)(H,12,14). The van der Waals surface area contributed by atoms with Gasteiger partial charge in [-0.1, -0.05) is 0 Å². The van der Waals surface area contributed by atoms with Crippen LogP contribution in [0.3, 0.4) is 0 Å². The van der Waals surface area contributed by atoms with Gasteiger partial charge in [-0.25, -0.2) is 0 Å². The predicted molar refractivity (Wildman–Crippen MR) is 57.7 cm³/mol. The molecule has 0 spiro atoms. The minimum atomic E-state index is -0.702. The number of hydrogen-bond acceptors (Lipinski definition) is 5. The fourth-order valence-electron chi connectivity index (χ4n) is 0.910. The molecule has 0 fully saturated rings. The van der Waals surface area contributed by atoms with E-state index in [0.717, 1.165) is 0 Å². The zero-order valence-electron chi connectivity index (χ0n) is 9.87. The first-order valence-electron chi connectivity index (χ1n) is 5.14. The van der Waals surface area contributed by atoms with Crippen LogP contribution >= 0.6 is 0 Å². The van der Waals surface area contributed by atoms with E-state index in [9.17, 15) is 19.2 Å². The molecule has 2 amide bonds. The third-order valence-electron chi connectivity index (χ3n) is 1.63. The Morgan fingerprint density at radius 1 is 0.824 bits per heavy atom. The highest BCUT2D eigenvalue weighted by atomic mass is 16.6. The minimum Gasteiger partial charge on any atom is -0.393 e. The number of amides is 2. The molecule has 7 heteroatoms. The topological polar surface area (TPSA) is 102 Å². The summed E-state index contributed by atoms with van der Waals surface area (Å²) in [4.78, 5) is 43.1. The second-order valence-electron chi connectivity index (χ2n) is 3.31. The molecule has 96 valence electrons. The Morgan fingerprint density at radius 2 is 1.18 bits per heavy atom. The molecule has 0 aromatic rings. The van der Waals surface area contributed by atoms with Gasteiger partial charge in [-0.15, -0.1) is 0 Å². The molecule has 0 saturated heterocycles. The van der Waals surface area contributed by atoms with Crippen molar-refractivity contribution in [3.8, 4) is 0 Å². The monoisotopic (exact) mass is 244 g/mol. The molecule has 0 aliphatic rings. The lowest BCUT2D eigenvalue weighted by Gasteiger charge is -2.04. The van der Waals surface area contributed by atoms with E-state index in [1.54, 1.807) is 0 Å². The lowest BCUT2D eigenvalue weighted by Crippen LogP contribution is -2.26. The zero-order chi connectivity index (χ0) is 13.3. The number of esters is 2. The summed E-state index contributed by atoms with van der Waals surface area (Å²) in [6, 6.07) is 0. The Labute approximate surface area is 98.9 Å². The first-order valence-corrected chi connectivity index (χ1v) is 5.14. The zero-order valence-corrected chi connectivity index (χ0v) is 9.87. The third-order valence-corrected chi connectivity index (χ3v) is 1.63. The average molecular weight is 244 g/mol. The van der Waals surface area contributed by atoms with E-state index in [-0.39, 0.29) is 37.7 Å². The molecule has 0 radical (unpaired) electrons. The summed E-state index contributed by atoms with van der Waals surface area (Å²) in [6.07, 6.45) is -0.128. The Morgan fingerprint density at radius 3 is 1.47 bits per heavy atom. The van der Waals surface area contributed by atoms with Gasteiger partial charge in [0.15, 0.2) is 0 Å². The number of ether oxygens (including phenoxy) is 1. The number of hydrogen-bond donors (Lipinski definition) is 2. The van der Waals surface area contributed by atoms with E-state index >= 15 is 0 Å². The van der Waals surface area contributed by atoms with Gasteiger partial charge in [-0.2, -0.15) is 0 Å². The first-order chi connectivity index (χ1) is 7.91. The Bertz CT molecular complexity index is 284. The molecular formula is C10H16N2O5. The van der Waals surface area contributed by atoms with E-state index in [0.29, 0.717) is 0 Å². The number of carbonyl (C=O) groups is 4. The van der Waals surface area contributed by atoms with Gasteiger partial charge in [0.1, 0.15) is 0 Å². The van der Waals surface area contributed by atoms with Crippen molar-refractivity contribution in [2.24, 2.45) is 0 Å². The van der Waals surface area contributed by atoms with Crippen LogP contribution in [0.5, 0.6) is 0 Å². The van der Waals surface area contributed by atoms with Gasteiger partial charge in [0.2, 0.25) is 11.8 Å². The number of nitrogens with one attached hydrogen (secondary N) is 2. The largest absolute Gasteiger partial charge is 0.393 e. The summed E-state index contributed by atoms with van der Waals surface area (Å²) in [5, 5.41) is 4.80. The lowest BCUT2D eigenvalue weighted by molar-refractivity contribution is -0.159. The molecule has 2 N–H and O–H groups in total. The predicted octanol–water partition coefficient (Wildman–Crippen LogP) is -0.891. The normalized spacial score (nSPS) is 9.29. The van der Waals surface area contributed by atoms with Crippen molar-refractivity contribution in [2.75, 3.05) is 13.1 Å². The van der Waals surface area contributed by atoms with E-state index in [1.165, 1.54) is 13.8 Å². The molecule has 17 heavy (non-hydrogen) atoms. The molecule has 0 aromatic heterocycles. The maximum atomic E-state index is 11.1. The summed E-state index contributed by atoms with van der Waals surface area (Å²) >= 11 is 0. The lowest BCUT2D eigenvalue weighted by atomic mass is 10.4. The molecule has 0 rings (SSSR count). The Hall–Kier alpha value is -1.92. The fourth-order valence-corrected chi connectivity index (χ4v) is 0.910. The summed E-state index contributed by atoms with van der Waals surface area (Å²) in [7, 11) is 0. The van der Waals surface area contributed by atoms with Gasteiger partial charge in [0, 0.05) is 26.9 Å². The minimum absolute atomic E-state index is 0.0640.